The molecule has 8 heteroatoms. The Morgan fingerprint density at radius 3 is 1.23 bits per heavy atom. The maximum atomic E-state index is 5.57. The minimum Gasteiger partial charge on any atom is -0.321 e. The fourth-order valence-corrected chi connectivity index (χ4v) is 17.0. The van der Waals surface area contributed by atoms with Crippen LogP contribution in [0.1, 0.15) is 181 Å². The molecule has 0 radical (unpaired) electrons. The summed E-state index contributed by atoms with van der Waals surface area (Å²) in [6.07, 6.45) is 5.20. The second kappa shape index (κ2) is 23.6. The third-order valence-corrected chi connectivity index (χ3v) is 25.3. The summed E-state index contributed by atoms with van der Waals surface area (Å²) in [7, 11) is 0. The minimum atomic E-state index is -0.261. The standard InChI is InChI=1S/C93H92N7.Ir/c1-86(2,3)84-97-76-49-56(32-42-69(76)82-95-78-52-71-73(54-80(78)99(82)84)90(11,12)92(15,16)88(71,7)8)28-30-58-46-59(31-29-57-33-43-70-77(50-57)98-85(87(4,5)6)100-81-55-74-72(53-79(81)96-83(70)100)89(9,10)93(17,18)91(74,13)14)48-66(47-58)68-27-23-22-26-67(68)63-38-40-64(41-39-63)75-51-65(44-45-94-75)62-36-34-61(35-37-62)60-24-20-19-21-25-60;/h19-27,32-40,44-55H,28-31H2,1-18H3;/q-3;+3. The Kier molecular flexibility index (Phi) is 15.8. The van der Waals surface area contributed by atoms with Gasteiger partial charge in [0.15, 0.2) is 0 Å². The SMILES string of the molecule is CC(C)(C)c1nc2cc(CCc3cc(CCc4c[c-]c5c(c4)nc(C(C)(C)C)n4c6cc7c(cc6nc54)C(C)(C)C(C)(C)C7(C)C)cc(-c4ccccc4-c4c[c-]c(-c5cc(-c6ccc(-c7ccccc7)cc6)ccn5)cc4)c3)c[c-]c2c2nc3cc4c(cc3n12)C(C)(C)C(C)(C)C4(C)C.[Ir+3]. The fourth-order valence-electron chi connectivity index (χ4n) is 17.0. The molecule has 0 saturated heterocycles. The summed E-state index contributed by atoms with van der Waals surface area (Å²) in [5, 5.41) is 1.90. The van der Waals surface area contributed by atoms with Gasteiger partial charge in [0.1, 0.15) is 11.6 Å². The van der Waals surface area contributed by atoms with Gasteiger partial charge >= 0.3 is 20.1 Å². The largest absolute Gasteiger partial charge is 3.00 e. The number of fused-ring (bicyclic) bond motifs is 12. The first-order valence-corrected chi connectivity index (χ1v) is 36.1. The average Bonchev–Trinajstić information content (AvgIpc) is 1.53. The van der Waals surface area contributed by atoms with Crippen LogP contribution in [0.15, 0.2) is 182 Å². The molecule has 0 atom stereocenters. The summed E-state index contributed by atoms with van der Waals surface area (Å²) >= 11 is 0. The molecule has 7 nitrogen and oxygen atoms in total. The van der Waals surface area contributed by atoms with Gasteiger partial charge in [-0.15, -0.1) is 77.4 Å². The van der Waals surface area contributed by atoms with Crippen LogP contribution in [0.3, 0.4) is 0 Å². The molecule has 0 bridgehead atoms. The van der Waals surface area contributed by atoms with E-state index in [4.69, 9.17) is 24.9 Å². The van der Waals surface area contributed by atoms with Gasteiger partial charge in [0.05, 0.1) is 33.4 Å². The Morgan fingerprint density at radius 2 is 0.772 bits per heavy atom. The molecular formula is C93H92IrN7. The van der Waals surface area contributed by atoms with Crippen LogP contribution < -0.4 is 0 Å². The van der Waals surface area contributed by atoms with E-state index in [1.807, 2.05) is 6.20 Å². The molecule has 0 spiro atoms. The minimum absolute atomic E-state index is 0. The molecule has 0 fully saturated rings. The third-order valence-electron chi connectivity index (χ3n) is 25.3. The number of aromatic nitrogens is 7. The summed E-state index contributed by atoms with van der Waals surface area (Å²) < 4.78 is 4.67. The van der Waals surface area contributed by atoms with Crippen LogP contribution in [0.2, 0.25) is 0 Å². The third kappa shape index (κ3) is 10.7. The molecule has 16 rings (SSSR count). The van der Waals surface area contributed by atoms with Crippen LogP contribution in [0.5, 0.6) is 0 Å². The van der Waals surface area contributed by atoms with Gasteiger partial charge in [0, 0.05) is 17.0 Å². The van der Waals surface area contributed by atoms with Gasteiger partial charge in [0.25, 0.3) is 0 Å². The Bertz CT molecular complexity index is 5420. The van der Waals surface area contributed by atoms with Crippen LogP contribution in [0.25, 0.3) is 111 Å². The van der Waals surface area contributed by atoms with Crippen molar-refractivity contribution >= 4 is 55.2 Å². The molecule has 508 valence electrons. The predicted molar refractivity (Wildman–Crippen MR) is 416 cm³/mol. The van der Waals surface area contributed by atoms with E-state index in [2.05, 4.69) is 328 Å². The van der Waals surface area contributed by atoms with Crippen molar-refractivity contribution in [1.82, 2.24) is 33.7 Å². The van der Waals surface area contributed by atoms with Gasteiger partial charge in [-0.3, -0.25) is 19.9 Å². The average molecular weight is 1500 g/mol. The van der Waals surface area contributed by atoms with E-state index < -0.39 is 0 Å². The quantitative estimate of drug-likeness (QED) is 0.121. The van der Waals surface area contributed by atoms with E-state index >= 15 is 0 Å². The zero-order valence-corrected chi connectivity index (χ0v) is 64.5. The Hall–Kier alpha value is -8.94. The van der Waals surface area contributed by atoms with Crippen molar-refractivity contribution in [2.24, 2.45) is 10.8 Å². The summed E-state index contributed by atoms with van der Waals surface area (Å²) in [4.78, 5) is 27.0. The molecular weight excluding hydrogens is 1410 g/mol. The van der Waals surface area contributed by atoms with E-state index in [0.717, 1.165) is 126 Å². The van der Waals surface area contributed by atoms with Gasteiger partial charge in [-0.25, -0.2) is 0 Å². The van der Waals surface area contributed by atoms with E-state index in [-0.39, 0.29) is 63.4 Å². The van der Waals surface area contributed by atoms with Gasteiger partial charge in [-0.2, -0.15) is 0 Å². The molecule has 9 aromatic carbocycles. The number of aryl methyl sites for hydroxylation is 4. The number of rotatable bonds is 11. The summed E-state index contributed by atoms with van der Waals surface area (Å²) in [6.45, 7) is 42.6. The van der Waals surface area contributed by atoms with E-state index in [0.29, 0.717) is 0 Å². The van der Waals surface area contributed by atoms with Crippen molar-refractivity contribution in [3.05, 3.63) is 256 Å². The molecule has 5 aromatic heterocycles. The van der Waals surface area contributed by atoms with Crippen molar-refractivity contribution < 1.29 is 20.1 Å². The zero-order chi connectivity index (χ0) is 70.2. The Morgan fingerprint density at radius 1 is 0.356 bits per heavy atom. The zero-order valence-electron chi connectivity index (χ0n) is 62.1. The van der Waals surface area contributed by atoms with Gasteiger partial charge in [-0.05, 0) is 159 Å². The number of imidazole rings is 2. The van der Waals surface area contributed by atoms with Crippen molar-refractivity contribution in [2.45, 2.75) is 183 Å². The summed E-state index contributed by atoms with van der Waals surface area (Å²) in [5.74, 6) is 2.01. The number of hydrogen-bond donors (Lipinski definition) is 0. The number of nitrogens with zero attached hydrogens (tertiary/aromatic N) is 7. The Labute approximate surface area is 610 Å². The topological polar surface area (TPSA) is 73.3 Å². The van der Waals surface area contributed by atoms with E-state index in [1.165, 1.54) is 66.8 Å². The second-order valence-corrected chi connectivity index (χ2v) is 34.4. The number of hydrogen-bond acceptors (Lipinski definition) is 5. The van der Waals surface area contributed by atoms with Gasteiger partial charge < -0.3 is 13.8 Å². The Balaban J connectivity index is 0.00000827. The van der Waals surface area contributed by atoms with Gasteiger partial charge in [0.2, 0.25) is 0 Å². The molecule has 0 amide bonds. The first kappa shape index (κ1) is 67.9. The smallest absolute Gasteiger partial charge is 0.321 e. The normalized spacial score (nSPS) is 16.4. The first-order chi connectivity index (χ1) is 47.3. The molecule has 101 heavy (non-hydrogen) atoms. The second-order valence-electron chi connectivity index (χ2n) is 34.4. The number of benzene rings is 9. The van der Waals surface area contributed by atoms with Crippen molar-refractivity contribution in [1.29, 1.82) is 0 Å². The molecule has 5 heterocycles. The molecule has 0 aliphatic heterocycles. The predicted octanol–water partition coefficient (Wildman–Crippen LogP) is 22.9. The summed E-state index contributed by atoms with van der Waals surface area (Å²) in [6, 6.07) is 76.1. The van der Waals surface area contributed by atoms with E-state index in [1.54, 1.807) is 0 Å². The van der Waals surface area contributed by atoms with Crippen LogP contribution in [-0.4, -0.2) is 33.7 Å². The van der Waals surface area contributed by atoms with Crippen molar-refractivity contribution in [2.75, 3.05) is 0 Å². The van der Waals surface area contributed by atoms with Gasteiger partial charge in [-0.1, -0.05) is 262 Å². The molecule has 2 aliphatic carbocycles. The molecule has 0 N–H and O–H groups in total. The molecule has 0 unspecified atom stereocenters. The maximum Gasteiger partial charge on any atom is 3.00 e. The van der Waals surface area contributed by atoms with Crippen LogP contribution >= 0.6 is 0 Å². The number of pyridine rings is 1. The van der Waals surface area contributed by atoms with E-state index in [9.17, 15) is 0 Å². The monoisotopic (exact) mass is 1500 g/mol. The molecule has 2 aliphatic rings. The van der Waals surface area contributed by atoms with Crippen molar-refractivity contribution in [3.8, 4) is 55.8 Å². The van der Waals surface area contributed by atoms with Crippen LogP contribution in [0.4, 0.5) is 0 Å². The fraction of sp³-hybridized carbons (Fsp3) is 0.323. The maximum absolute atomic E-state index is 5.57. The molecule has 0 saturated carbocycles. The van der Waals surface area contributed by atoms with Crippen LogP contribution in [0, 0.1) is 29.0 Å². The summed E-state index contributed by atoms with van der Waals surface area (Å²) in [5.41, 5.74) is 29.1. The molecule has 14 aromatic rings. The van der Waals surface area contributed by atoms with Crippen LogP contribution in [-0.2, 0) is 78.3 Å². The first-order valence-electron chi connectivity index (χ1n) is 36.1. The van der Waals surface area contributed by atoms with Crippen molar-refractivity contribution in [3.63, 3.8) is 0 Å².